The van der Waals surface area contributed by atoms with Gasteiger partial charge in [-0.05, 0) is 37.3 Å². The van der Waals surface area contributed by atoms with Crippen molar-refractivity contribution in [3.63, 3.8) is 0 Å². The molecule has 23 heavy (non-hydrogen) atoms. The average Bonchev–Trinajstić information content (AvgIpc) is 2.96. The van der Waals surface area contributed by atoms with Crippen LogP contribution in [0.2, 0.25) is 0 Å². The van der Waals surface area contributed by atoms with Crippen molar-refractivity contribution in [3.8, 4) is 5.75 Å². The summed E-state index contributed by atoms with van der Waals surface area (Å²) in [5.41, 5.74) is 2.11. The maximum atomic E-state index is 9.78. The zero-order valence-electron chi connectivity index (χ0n) is 12.6. The molecule has 0 spiro atoms. The third kappa shape index (κ3) is 2.70. The van der Waals surface area contributed by atoms with Gasteiger partial charge in [-0.2, -0.15) is 5.11 Å². The Bertz CT molecular complexity index is 887. The monoisotopic (exact) mass is 324 g/mol. The number of rotatable bonds is 3. The number of hydrogen-bond acceptors (Lipinski definition) is 6. The molecule has 0 bridgehead atoms. The summed E-state index contributed by atoms with van der Waals surface area (Å²) in [4.78, 5) is 11.1. The van der Waals surface area contributed by atoms with Gasteiger partial charge in [-0.15, -0.1) is 16.5 Å². The number of para-hydroxylation sites is 1. The first-order chi connectivity index (χ1) is 11.3. The molecule has 1 aliphatic carbocycles. The molecule has 0 saturated heterocycles. The van der Waals surface area contributed by atoms with E-state index in [1.807, 2.05) is 12.1 Å². The van der Waals surface area contributed by atoms with E-state index in [0.29, 0.717) is 12.4 Å². The summed E-state index contributed by atoms with van der Waals surface area (Å²) in [6.07, 6.45) is 6.22. The van der Waals surface area contributed by atoms with E-state index in [4.69, 9.17) is 0 Å². The Kier molecular flexibility index (Phi) is 3.75. The van der Waals surface area contributed by atoms with Gasteiger partial charge in [0.25, 0.3) is 0 Å². The van der Waals surface area contributed by atoms with Gasteiger partial charge in [0.15, 0.2) is 5.82 Å². The minimum absolute atomic E-state index is 0.243. The van der Waals surface area contributed by atoms with Crippen LogP contribution >= 0.6 is 11.3 Å². The van der Waals surface area contributed by atoms with E-state index in [1.54, 1.807) is 29.8 Å². The highest BCUT2D eigenvalue weighted by Gasteiger charge is 2.19. The van der Waals surface area contributed by atoms with Crippen molar-refractivity contribution in [2.24, 2.45) is 10.2 Å². The Balaban J connectivity index is 1.68. The van der Waals surface area contributed by atoms with Crippen molar-refractivity contribution in [1.82, 2.24) is 9.97 Å². The van der Waals surface area contributed by atoms with Crippen molar-refractivity contribution in [2.75, 3.05) is 0 Å². The zero-order chi connectivity index (χ0) is 15.6. The normalized spacial score (nSPS) is 14.4. The molecule has 3 aromatic rings. The van der Waals surface area contributed by atoms with Crippen LogP contribution in [0, 0.1) is 0 Å². The van der Waals surface area contributed by atoms with Gasteiger partial charge < -0.3 is 5.11 Å². The predicted molar refractivity (Wildman–Crippen MR) is 90.4 cm³/mol. The molecule has 6 heteroatoms. The van der Waals surface area contributed by atoms with Gasteiger partial charge in [0.05, 0.1) is 11.9 Å². The van der Waals surface area contributed by atoms with Crippen LogP contribution in [0.25, 0.3) is 10.2 Å². The van der Waals surface area contributed by atoms with E-state index < -0.39 is 0 Å². The summed E-state index contributed by atoms with van der Waals surface area (Å²) in [6.45, 7) is 0.338. The fourth-order valence-electron chi connectivity index (χ4n) is 2.97. The van der Waals surface area contributed by atoms with Gasteiger partial charge in [0, 0.05) is 10.4 Å². The smallest absolute Gasteiger partial charge is 0.186 e. The topological polar surface area (TPSA) is 70.7 Å². The van der Waals surface area contributed by atoms with Crippen LogP contribution in [0.3, 0.4) is 0 Å². The Hall–Kier alpha value is -2.34. The molecule has 0 aliphatic heterocycles. The number of aromatic nitrogens is 2. The number of phenols is 1. The van der Waals surface area contributed by atoms with Crippen LogP contribution in [-0.2, 0) is 19.4 Å². The van der Waals surface area contributed by atoms with E-state index in [1.165, 1.54) is 23.3 Å². The maximum absolute atomic E-state index is 9.78. The lowest BCUT2D eigenvalue weighted by Crippen LogP contribution is -1.98. The first-order valence-electron chi connectivity index (χ1n) is 7.72. The van der Waals surface area contributed by atoms with Gasteiger partial charge in [-0.3, -0.25) is 0 Å². The van der Waals surface area contributed by atoms with Crippen LogP contribution in [0.15, 0.2) is 40.8 Å². The minimum Gasteiger partial charge on any atom is -0.508 e. The fourth-order valence-corrected chi connectivity index (χ4v) is 4.20. The molecule has 0 radical (unpaired) electrons. The average molecular weight is 324 g/mol. The summed E-state index contributed by atoms with van der Waals surface area (Å²) in [5.74, 6) is 0.886. The van der Waals surface area contributed by atoms with Crippen LogP contribution in [-0.4, -0.2) is 15.1 Å². The highest BCUT2D eigenvalue weighted by atomic mass is 32.1. The summed E-state index contributed by atoms with van der Waals surface area (Å²) in [7, 11) is 0. The molecule has 0 saturated carbocycles. The molecule has 2 heterocycles. The minimum atomic E-state index is 0.243. The van der Waals surface area contributed by atoms with Crippen molar-refractivity contribution < 1.29 is 5.11 Å². The molecule has 1 aliphatic rings. The highest BCUT2D eigenvalue weighted by Crippen LogP contribution is 2.39. The number of phenolic OH excluding ortho intramolecular Hbond substituents is 1. The van der Waals surface area contributed by atoms with Gasteiger partial charge in [-0.1, -0.05) is 18.2 Å². The second kappa shape index (κ2) is 6.04. The predicted octanol–water partition coefficient (Wildman–Crippen LogP) is 4.56. The molecule has 0 unspecified atom stereocenters. The number of aryl methyl sites for hydroxylation is 2. The lowest BCUT2D eigenvalue weighted by molar-refractivity contribution is 0.468. The largest absolute Gasteiger partial charge is 0.508 e. The van der Waals surface area contributed by atoms with Gasteiger partial charge in [-0.25, -0.2) is 9.97 Å². The maximum Gasteiger partial charge on any atom is 0.186 e. The third-order valence-electron chi connectivity index (χ3n) is 4.13. The van der Waals surface area contributed by atoms with Crippen LogP contribution in [0.1, 0.15) is 28.8 Å². The lowest BCUT2D eigenvalue weighted by atomic mass is 9.97. The molecule has 1 aromatic carbocycles. The number of aromatic hydroxyl groups is 1. The van der Waals surface area contributed by atoms with Crippen LogP contribution < -0.4 is 0 Å². The zero-order valence-corrected chi connectivity index (χ0v) is 13.4. The van der Waals surface area contributed by atoms with Gasteiger partial charge >= 0.3 is 0 Å². The highest BCUT2D eigenvalue weighted by molar-refractivity contribution is 7.18. The van der Waals surface area contributed by atoms with E-state index in [9.17, 15) is 5.11 Å². The summed E-state index contributed by atoms with van der Waals surface area (Å²) in [5, 5.41) is 19.4. The fraction of sp³-hybridized carbons (Fsp3) is 0.294. The van der Waals surface area contributed by atoms with Crippen LogP contribution in [0.5, 0.6) is 5.75 Å². The molecule has 2 aromatic heterocycles. The first kappa shape index (κ1) is 14.3. The van der Waals surface area contributed by atoms with E-state index in [-0.39, 0.29) is 5.75 Å². The molecule has 5 nitrogen and oxygen atoms in total. The third-order valence-corrected chi connectivity index (χ3v) is 5.33. The number of hydrogen-bond donors (Lipinski definition) is 1. The van der Waals surface area contributed by atoms with Crippen molar-refractivity contribution in [2.45, 2.75) is 32.2 Å². The Labute approximate surface area is 137 Å². The molecule has 1 N–H and O–H groups in total. The summed E-state index contributed by atoms with van der Waals surface area (Å²) < 4.78 is 0. The second-order valence-corrected chi connectivity index (χ2v) is 6.70. The molecule has 0 fully saturated rings. The number of fused-ring (bicyclic) bond motifs is 3. The molecule has 116 valence electrons. The standard InChI is InChI=1S/C17H16N4OS/c22-13-7-3-1-5-11(13)9-20-21-16-15-12-6-2-4-8-14(12)23-17(15)19-10-18-16/h1,3,5,7,10,22H,2,4,6,8-9H2. The van der Waals surface area contributed by atoms with E-state index in [2.05, 4.69) is 20.2 Å². The Morgan fingerprint density at radius 3 is 2.91 bits per heavy atom. The summed E-state index contributed by atoms with van der Waals surface area (Å²) >= 11 is 1.75. The number of thiophene rings is 1. The molecule has 0 atom stereocenters. The summed E-state index contributed by atoms with van der Waals surface area (Å²) in [6, 6.07) is 7.17. The van der Waals surface area contributed by atoms with Crippen molar-refractivity contribution in [3.05, 3.63) is 46.6 Å². The van der Waals surface area contributed by atoms with Crippen LogP contribution in [0.4, 0.5) is 5.82 Å². The van der Waals surface area contributed by atoms with Crippen molar-refractivity contribution >= 4 is 27.4 Å². The number of nitrogens with zero attached hydrogens (tertiary/aromatic N) is 4. The molecular weight excluding hydrogens is 308 g/mol. The van der Waals surface area contributed by atoms with E-state index in [0.717, 1.165) is 28.6 Å². The molecule has 0 amide bonds. The van der Waals surface area contributed by atoms with Crippen molar-refractivity contribution in [1.29, 1.82) is 0 Å². The van der Waals surface area contributed by atoms with E-state index >= 15 is 0 Å². The Morgan fingerprint density at radius 2 is 2.00 bits per heavy atom. The first-order valence-corrected chi connectivity index (χ1v) is 8.54. The second-order valence-electron chi connectivity index (χ2n) is 5.62. The lowest BCUT2D eigenvalue weighted by Gasteiger charge is -2.10. The quantitative estimate of drug-likeness (QED) is 0.718. The molecular formula is C17H16N4OS. The van der Waals surface area contributed by atoms with Gasteiger partial charge in [0.2, 0.25) is 0 Å². The number of benzene rings is 1. The molecule has 4 rings (SSSR count). The van der Waals surface area contributed by atoms with Gasteiger partial charge in [0.1, 0.15) is 16.9 Å². The SMILES string of the molecule is Oc1ccccc1CN=Nc1ncnc2sc3c(c12)CCCC3. The Morgan fingerprint density at radius 1 is 1.13 bits per heavy atom. The number of azo groups is 1.